The van der Waals surface area contributed by atoms with Crippen LogP contribution >= 0.6 is 0 Å². The van der Waals surface area contributed by atoms with E-state index in [2.05, 4.69) is 10.2 Å². The lowest BCUT2D eigenvalue weighted by atomic mass is 10.1. The summed E-state index contributed by atoms with van der Waals surface area (Å²) in [6.45, 7) is 3.89. The Hall–Kier alpha value is -1.34. The van der Waals surface area contributed by atoms with E-state index in [0.29, 0.717) is 19.4 Å². The number of carboxylic acids is 1. The van der Waals surface area contributed by atoms with Crippen LogP contribution in [0.3, 0.4) is 0 Å². The first-order chi connectivity index (χ1) is 9.00. The van der Waals surface area contributed by atoms with E-state index in [-0.39, 0.29) is 6.03 Å². The molecule has 1 fully saturated rings. The highest BCUT2D eigenvalue weighted by atomic mass is 16.4. The van der Waals surface area contributed by atoms with Gasteiger partial charge in [0.1, 0.15) is 6.04 Å². The quantitative estimate of drug-likeness (QED) is 0.568. The van der Waals surface area contributed by atoms with Crippen molar-refractivity contribution >= 4 is 12.0 Å². The van der Waals surface area contributed by atoms with Crippen LogP contribution in [0.2, 0.25) is 0 Å². The molecule has 0 radical (unpaired) electrons. The first-order valence-electron chi connectivity index (χ1n) is 6.70. The summed E-state index contributed by atoms with van der Waals surface area (Å²) in [5.74, 6) is -0.971. The molecule has 7 heteroatoms. The van der Waals surface area contributed by atoms with Crippen molar-refractivity contribution in [2.45, 2.75) is 25.3 Å². The number of rotatable bonds is 6. The van der Waals surface area contributed by atoms with Crippen molar-refractivity contribution in [3.63, 3.8) is 0 Å². The van der Waals surface area contributed by atoms with Gasteiger partial charge in [0.15, 0.2) is 0 Å². The van der Waals surface area contributed by atoms with Gasteiger partial charge in [-0.3, -0.25) is 4.79 Å². The molecule has 1 unspecified atom stereocenters. The number of nitrogens with two attached hydrogens (primary N) is 1. The minimum Gasteiger partial charge on any atom is -0.480 e. The Morgan fingerprint density at radius 1 is 1.26 bits per heavy atom. The monoisotopic (exact) mass is 272 g/mol. The van der Waals surface area contributed by atoms with Crippen LogP contribution in [0, 0.1) is 0 Å². The van der Waals surface area contributed by atoms with Crippen molar-refractivity contribution in [1.82, 2.24) is 15.1 Å². The Kier molecular flexibility index (Phi) is 6.58. The van der Waals surface area contributed by atoms with Gasteiger partial charge in [-0.05, 0) is 26.3 Å². The third-order valence-electron chi connectivity index (χ3n) is 3.33. The van der Waals surface area contributed by atoms with Crippen molar-refractivity contribution in [1.29, 1.82) is 0 Å². The second kappa shape index (κ2) is 7.96. The summed E-state index contributed by atoms with van der Waals surface area (Å²) in [4.78, 5) is 26.3. The normalized spacial score (nSPS) is 18.1. The molecule has 0 aromatic rings. The zero-order valence-corrected chi connectivity index (χ0v) is 11.5. The number of likely N-dealkylation sites (N-methyl/N-ethyl adjacent to an activating group) is 1. The van der Waals surface area contributed by atoms with Crippen LogP contribution in [0.15, 0.2) is 0 Å². The molecule has 1 aliphatic heterocycles. The van der Waals surface area contributed by atoms with Gasteiger partial charge >= 0.3 is 12.0 Å². The molecule has 0 aliphatic carbocycles. The summed E-state index contributed by atoms with van der Waals surface area (Å²) in [5, 5.41) is 11.5. The Bertz CT molecular complexity index is 303. The number of nitrogens with one attached hydrogen (secondary N) is 1. The molecule has 1 atom stereocenters. The van der Waals surface area contributed by atoms with E-state index in [1.165, 1.54) is 0 Å². The predicted octanol–water partition coefficient (Wildman–Crippen LogP) is -0.474. The van der Waals surface area contributed by atoms with E-state index >= 15 is 0 Å². The van der Waals surface area contributed by atoms with Crippen LogP contribution in [-0.4, -0.2) is 72.7 Å². The molecule has 0 saturated carbocycles. The summed E-state index contributed by atoms with van der Waals surface area (Å²) in [7, 11) is 2.04. The van der Waals surface area contributed by atoms with E-state index < -0.39 is 12.0 Å². The number of aliphatic carboxylic acids is 1. The topological polar surface area (TPSA) is 98.9 Å². The summed E-state index contributed by atoms with van der Waals surface area (Å²) >= 11 is 0. The average Bonchev–Trinajstić information content (AvgIpc) is 2.38. The summed E-state index contributed by atoms with van der Waals surface area (Å²) in [6, 6.07) is -0.830. The van der Waals surface area contributed by atoms with Crippen LogP contribution in [0.25, 0.3) is 0 Å². The maximum absolute atomic E-state index is 11.8. The SMILES string of the molecule is CN1CCN(C(=O)NCCCCC(N)C(=O)O)CC1. The van der Waals surface area contributed by atoms with Gasteiger partial charge in [0.25, 0.3) is 0 Å². The smallest absolute Gasteiger partial charge is 0.320 e. The summed E-state index contributed by atoms with van der Waals surface area (Å²) < 4.78 is 0. The Balaban J connectivity index is 2.06. The standard InChI is InChI=1S/C12H24N4O3/c1-15-6-8-16(9-7-15)12(19)14-5-3-2-4-10(13)11(17)18/h10H,2-9,13H2,1H3,(H,14,19)(H,17,18). The lowest BCUT2D eigenvalue weighted by molar-refractivity contribution is -0.138. The van der Waals surface area contributed by atoms with Crippen LogP contribution in [0.4, 0.5) is 4.79 Å². The number of unbranched alkanes of at least 4 members (excludes halogenated alkanes) is 1. The van der Waals surface area contributed by atoms with Crippen LogP contribution in [0.5, 0.6) is 0 Å². The number of nitrogens with zero attached hydrogens (tertiary/aromatic N) is 2. The third kappa shape index (κ3) is 5.89. The second-order valence-corrected chi connectivity index (χ2v) is 4.96. The van der Waals surface area contributed by atoms with Gasteiger partial charge in [0.2, 0.25) is 0 Å². The number of carboxylic acid groups (broad SMARTS) is 1. The van der Waals surface area contributed by atoms with E-state index in [1.54, 1.807) is 0 Å². The molecule has 19 heavy (non-hydrogen) atoms. The van der Waals surface area contributed by atoms with Crippen molar-refractivity contribution in [2.75, 3.05) is 39.8 Å². The first-order valence-corrected chi connectivity index (χ1v) is 6.70. The second-order valence-electron chi connectivity index (χ2n) is 4.96. The van der Waals surface area contributed by atoms with Crippen molar-refractivity contribution in [3.05, 3.63) is 0 Å². The molecular formula is C12H24N4O3. The Morgan fingerprint density at radius 3 is 2.47 bits per heavy atom. The number of piperazine rings is 1. The van der Waals surface area contributed by atoms with Crippen molar-refractivity contribution in [3.8, 4) is 0 Å². The van der Waals surface area contributed by atoms with Crippen molar-refractivity contribution < 1.29 is 14.7 Å². The molecule has 7 nitrogen and oxygen atoms in total. The molecule has 0 aromatic heterocycles. The van der Waals surface area contributed by atoms with Gasteiger partial charge in [-0.25, -0.2) is 4.79 Å². The molecule has 1 saturated heterocycles. The maximum Gasteiger partial charge on any atom is 0.320 e. The van der Waals surface area contributed by atoms with Gasteiger partial charge in [0, 0.05) is 32.7 Å². The van der Waals surface area contributed by atoms with Gasteiger partial charge in [-0.1, -0.05) is 0 Å². The lowest BCUT2D eigenvalue weighted by Gasteiger charge is -2.32. The minimum atomic E-state index is -0.971. The maximum atomic E-state index is 11.8. The predicted molar refractivity (Wildman–Crippen MR) is 71.9 cm³/mol. The first kappa shape index (κ1) is 15.7. The molecule has 0 aromatic carbocycles. The van der Waals surface area contributed by atoms with E-state index in [4.69, 9.17) is 10.8 Å². The van der Waals surface area contributed by atoms with Crippen LogP contribution < -0.4 is 11.1 Å². The van der Waals surface area contributed by atoms with Crippen LogP contribution in [0.1, 0.15) is 19.3 Å². The van der Waals surface area contributed by atoms with Crippen LogP contribution in [-0.2, 0) is 4.79 Å². The highest BCUT2D eigenvalue weighted by Crippen LogP contribution is 2.01. The van der Waals surface area contributed by atoms with Gasteiger partial charge in [0.05, 0.1) is 0 Å². The van der Waals surface area contributed by atoms with Gasteiger partial charge in [-0.15, -0.1) is 0 Å². The molecule has 1 aliphatic rings. The number of carbonyl (C=O) groups excluding carboxylic acids is 1. The highest BCUT2D eigenvalue weighted by Gasteiger charge is 2.18. The summed E-state index contributed by atoms with van der Waals surface area (Å²) in [6.07, 6.45) is 1.90. The van der Waals surface area contributed by atoms with Gasteiger partial charge < -0.3 is 26.0 Å². The fourth-order valence-electron chi connectivity index (χ4n) is 1.93. The molecule has 0 bridgehead atoms. The number of urea groups is 1. The highest BCUT2D eigenvalue weighted by molar-refractivity contribution is 5.74. The zero-order valence-electron chi connectivity index (χ0n) is 11.5. The molecular weight excluding hydrogens is 248 g/mol. The third-order valence-corrected chi connectivity index (χ3v) is 3.33. The fraction of sp³-hybridized carbons (Fsp3) is 0.833. The lowest BCUT2D eigenvalue weighted by Crippen LogP contribution is -2.50. The zero-order chi connectivity index (χ0) is 14.3. The average molecular weight is 272 g/mol. The number of carbonyl (C=O) groups is 2. The molecule has 2 amide bonds. The molecule has 1 rings (SSSR count). The fourth-order valence-corrected chi connectivity index (χ4v) is 1.93. The van der Waals surface area contributed by atoms with E-state index in [1.807, 2.05) is 11.9 Å². The summed E-state index contributed by atoms with van der Waals surface area (Å²) in [5.41, 5.74) is 5.39. The van der Waals surface area contributed by atoms with Gasteiger partial charge in [-0.2, -0.15) is 0 Å². The number of hydrogen-bond donors (Lipinski definition) is 3. The molecule has 4 N–H and O–H groups in total. The largest absolute Gasteiger partial charge is 0.480 e. The van der Waals surface area contributed by atoms with E-state index in [9.17, 15) is 9.59 Å². The molecule has 0 spiro atoms. The van der Waals surface area contributed by atoms with E-state index in [0.717, 1.165) is 32.6 Å². The Labute approximate surface area is 113 Å². The minimum absolute atomic E-state index is 0.0318. The Morgan fingerprint density at radius 2 is 1.89 bits per heavy atom. The molecule has 110 valence electrons. The van der Waals surface area contributed by atoms with Crippen molar-refractivity contribution in [2.24, 2.45) is 5.73 Å². The number of amides is 2. The molecule has 1 heterocycles. The number of hydrogen-bond acceptors (Lipinski definition) is 4.